The number of rotatable bonds is 6. The first-order chi connectivity index (χ1) is 13.5. The molecule has 0 aromatic heterocycles. The maximum atomic E-state index is 12.5. The van der Waals surface area contributed by atoms with E-state index >= 15 is 0 Å². The van der Waals surface area contributed by atoms with Crippen molar-refractivity contribution in [3.05, 3.63) is 59.2 Å². The number of anilines is 1. The quantitative estimate of drug-likeness (QED) is 0.805. The zero-order valence-corrected chi connectivity index (χ0v) is 17.1. The first-order valence-electron chi connectivity index (χ1n) is 9.42. The molecule has 3 rings (SSSR count). The Hall–Kier alpha value is -2.49. The zero-order chi connectivity index (χ0) is 19.9. The highest BCUT2D eigenvalue weighted by Crippen LogP contribution is 2.20. The van der Waals surface area contributed by atoms with Gasteiger partial charge in [-0.2, -0.15) is 17.0 Å². The summed E-state index contributed by atoms with van der Waals surface area (Å²) < 4.78 is 5.68. The lowest BCUT2D eigenvalue weighted by atomic mass is 10.1. The summed E-state index contributed by atoms with van der Waals surface area (Å²) in [5.41, 5.74) is 3.67. The van der Waals surface area contributed by atoms with E-state index in [9.17, 15) is 4.79 Å². The minimum absolute atomic E-state index is 0.201. The van der Waals surface area contributed by atoms with E-state index in [1.54, 1.807) is 31.2 Å². The van der Waals surface area contributed by atoms with E-state index < -0.39 is 6.10 Å². The number of aryl methyl sites for hydroxylation is 1. The lowest BCUT2D eigenvalue weighted by Gasteiger charge is -2.26. The molecule has 0 aliphatic carbocycles. The van der Waals surface area contributed by atoms with Crippen molar-refractivity contribution in [2.45, 2.75) is 26.5 Å². The molecule has 28 heavy (non-hydrogen) atoms. The summed E-state index contributed by atoms with van der Waals surface area (Å²) in [4.78, 5) is 15.0. The number of thioether (sulfide) groups is 1. The fourth-order valence-corrected chi connectivity index (χ4v) is 4.06. The largest absolute Gasteiger partial charge is 0.481 e. The maximum Gasteiger partial charge on any atom is 0.265 e. The highest BCUT2D eigenvalue weighted by atomic mass is 32.2. The molecule has 5 nitrogen and oxygen atoms in total. The van der Waals surface area contributed by atoms with Crippen molar-refractivity contribution < 1.29 is 9.53 Å². The van der Waals surface area contributed by atoms with Gasteiger partial charge < -0.3 is 10.1 Å². The van der Waals surface area contributed by atoms with Crippen molar-refractivity contribution in [2.24, 2.45) is 0 Å². The van der Waals surface area contributed by atoms with E-state index in [0.29, 0.717) is 11.3 Å². The average molecular weight is 396 g/mol. The number of hydrogen-bond donors (Lipinski definition) is 1. The Bertz CT molecular complexity index is 855. The molecule has 6 heteroatoms. The number of benzene rings is 2. The predicted octanol–water partition coefficient (Wildman–Crippen LogP) is 3.82. The number of nitrogens with one attached hydrogen (secondary N) is 1. The highest BCUT2D eigenvalue weighted by Gasteiger charge is 2.16. The average Bonchev–Trinajstić information content (AvgIpc) is 2.71. The van der Waals surface area contributed by atoms with Gasteiger partial charge in [-0.1, -0.05) is 12.1 Å². The van der Waals surface area contributed by atoms with Crippen LogP contribution in [0.5, 0.6) is 5.75 Å². The summed E-state index contributed by atoms with van der Waals surface area (Å²) >= 11 is 2.01. The molecular formula is C22H25N3O2S. The van der Waals surface area contributed by atoms with Crippen molar-refractivity contribution in [3.63, 3.8) is 0 Å². The first kappa shape index (κ1) is 20.2. The van der Waals surface area contributed by atoms with Crippen LogP contribution >= 0.6 is 11.8 Å². The Labute approximate surface area is 170 Å². The number of nitrogens with zero attached hydrogens (tertiary/aromatic N) is 2. The van der Waals surface area contributed by atoms with E-state index in [-0.39, 0.29) is 5.91 Å². The zero-order valence-electron chi connectivity index (χ0n) is 16.3. The Morgan fingerprint density at radius 1 is 1.25 bits per heavy atom. The fraction of sp³-hybridized carbons (Fsp3) is 0.364. The van der Waals surface area contributed by atoms with Crippen molar-refractivity contribution in [3.8, 4) is 11.8 Å². The molecule has 1 aliphatic rings. The lowest BCUT2D eigenvalue weighted by Crippen LogP contribution is -2.32. The van der Waals surface area contributed by atoms with Crippen LogP contribution in [-0.2, 0) is 11.3 Å². The summed E-state index contributed by atoms with van der Waals surface area (Å²) in [6.45, 7) is 6.94. The molecule has 1 aliphatic heterocycles. The van der Waals surface area contributed by atoms with Gasteiger partial charge in [0.25, 0.3) is 5.91 Å². The standard InChI is InChI=1S/C22H25N3O2S/c1-16-13-19(15-25-9-11-28-12-10-25)5-8-21(16)24-22(26)17(2)27-20-6-3-18(14-23)4-7-20/h3-8,13,17H,9-12,15H2,1-2H3,(H,24,26). The van der Waals surface area contributed by atoms with Crippen molar-refractivity contribution in [1.29, 1.82) is 5.26 Å². The summed E-state index contributed by atoms with van der Waals surface area (Å²) in [5, 5.41) is 11.8. The molecule has 1 saturated heterocycles. The van der Waals surface area contributed by atoms with Gasteiger partial charge in [-0.3, -0.25) is 9.69 Å². The third-order valence-corrected chi connectivity index (χ3v) is 5.67. The fourth-order valence-electron chi connectivity index (χ4n) is 3.08. The molecule has 0 bridgehead atoms. The Kier molecular flexibility index (Phi) is 6.96. The van der Waals surface area contributed by atoms with Crippen molar-refractivity contribution >= 4 is 23.4 Å². The number of nitriles is 1. The van der Waals surface area contributed by atoms with Crippen LogP contribution in [0.2, 0.25) is 0 Å². The number of carbonyl (C=O) groups excluding carboxylic acids is 1. The lowest BCUT2D eigenvalue weighted by molar-refractivity contribution is -0.122. The van der Waals surface area contributed by atoms with Crippen LogP contribution in [0.1, 0.15) is 23.6 Å². The summed E-state index contributed by atoms with van der Waals surface area (Å²) in [6.07, 6.45) is -0.641. The summed E-state index contributed by atoms with van der Waals surface area (Å²) in [6, 6.07) is 15.0. The molecular weight excluding hydrogens is 370 g/mol. The van der Waals surface area contributed by atoms with Crippen LogP contribution < -0.4 is 10.1 Å². The number of hydrogen-bond acceptors (Lipinski definition) is 5. The minimum atomic E-state index is -0.641. The molecule has 2 aromatic carbocycles. The smallest absolute Gasteiger partial charge is 0.265 e. The van der Waals surface area contributed by atoms with Gasteiger partial charge in [0.1, 0.15) is 5.75 Å². The summed E-state index contributed by atoms with van der Waals surface area (Å²) in [5.74, 6) is 2.76. The number of ether oxygens (including phenoxy) is 1. The van der Waals surface area contributed by atoms with Crippen molar-refractivity contribution in [1.82, 2.24) is 4.90 Å². The van der Waals surface area contributed by atoms with E-state index in [2.05, 4.69) is 28.4 Å². The Morgan fingerprint density at radius 3 is 2.61 bits per heavy atom. The van der Waals surface area contributed by atoms with Gasteiger partial charge in [0.05, 0.1) is 11.6 Å². The monoisotopic (exact) mass is 395 g/mol. The van der Waals surface area contributed by atoms with Crippen LogP contribution in [0.3, 0.4) is 0 Å². The van der Waals surface area contributed by atoms with Crippen LogP contribution in [0.15, 0.2) is 42.5 Å². The first-order valence-corrected chi connectivity index (χ1v) is 10.6. The number of carbonyl (C=O) groups is 1. The normalized spacial score (nSPS) is 15.5. The van der Waals surface area contributed by atoms with Crippen LogP contribution in [0, 0.1) is 18.3 Å². The van der Waals surface area contributed by atoms with E-state index in [1.807, 2.05) is 24.8 Å². The third-order valence-electron chi connectivity index (χ3n) is 4.72. The maximum absolute atomic E-state index is 12.5. The molecule has 0 saturated carbocycles. The molecule has 1 fully saturated rings. The van der Waals surface area contributed by atoms with Crippen molar-refractivity contribution in [2.75, 3.05) is 29.9 Å². The molecule has 1 amide bonds. The van der Waals surface area contributed by atoms with E-state index in [1.165, 1.54) is 17.1 Å². The molecule has 0 spiro atoms. The van der Waals surface area contributed by atoms with E-state index in [0.717, 1.165) is 30.9 Å². The van der Waals surface area contributed by atoms with Gasteiger partial charge in [0.2, 0.25) is 0 Å². The molecule has 0 radical (unpaired) electrons. The minimum Gasteiger partial charge on any atom is -0.481 e. The van der Waals surface area contributed by atoms with Crippen LogP contribution in [-0.4, -0.2) is 41.5 Å². The van der Waals surface area contributed by atoms with Gasteiger partial charge in [-0.05, 0) is 55.3 Å². The second-order valence-corrected chi connectivity index (χ2v) is 8.15. The van der Waals surface area contributed by atoms with Gasteiger partial charge >= 0.3 is 0 Å². The molecule has 2 aromatic rings. The second kappa shape index (κ2) is 9.63. The topological polar surface area (TPSA) is 65.4 Å². The molecule has 1 unspecified atom stereocenters. The predicted molar refractivity (Wildman–Crippen MR) is 114 cm³/mol. The van der Waals surface area contributed by atoms with Gasteiger partial charge in [0.15, 0.2) is 6.10 Å². The molecule has 1 heterocycles. The molecule has 1 N–H and O–H groups in total. The van der Waals surface area contributed by atoms with Gasteiger partial charge in [-0.15, -0.1) is 0 Å². The van der Waals surface area contributed by atoms with Crippen LogP contribution in [0.25, 0.3) is 0 Å². The van der Waals surface area contributed by atoms with E-state index in [4.69, 9.17) is 10.00 Å². The Balaban J connectivity index is 1.57. The summed E-state index contributed by atoms with van der Waals surface area (Å²) in [7, 11) is 0. The number of amides is 1. The SMILES string of the molecule is Cc1cc(CN2CCSCC2)ccc1NC(=O)C(C)Oc1ccc(C#N)cc1. The molecule has 146 valence electrons. The van der Waals surface area contributed by atoms with Crippen LogP contribution in [0.4, 0.5) is 5.69 Å². The molecule has 1 atom stereocenters. The van der Waals surface area contributed by atoms with Gasteiger partial charge in [-0.25, -0.2) is 0 Å². The highest BCUT2D eigenvalue weighted by molar-refractivity contribution is 7.99. The Morgan fingerprint density at radius 2 is 1.96 bits per heavy atom. The van der Waals surface area contributed by atoms with Gasteiger partial charge in [0, 0.05) is 36.8 Å². The third kappa shape index (κ3) is 5.51. The second-order valence-electron chi connectivity index (χ2n) is 6.92.